The number of nitrogens with one attached hydrogen (secondary N) is 1. The fourth-order valence-corrected chi connectivity index (χ4v) is 1.87. The van der Waals surface area contributed by atoms with Gasteiger partial charge in [-0.15, -0.1) is 0 Å². The van der Waals surface area contributed by atoms with Crippen molar-refractivity contribution in [2.45, 2.75) is 39.7 Å². The number of carboxylic acids is 1. The number of hydrogen-bond donors (Lipinski definition) is 2. The third-order valence-corrected chi connectivity index (χ3v) is 2.99. The molecule has 0 bridgehead atoms. The Morgan fingerprint density at radius 1 is 1.35 bits per heavy atom. The minimum absolute atomic E-state index is 0.0277. The standard InChI is InChI=1S/C14H20N2O4/c1-9(2)16(6-4-5-13(18)19)14(20)12-7-11(8-15-12)10(3)17/h7-9,15H,4-6H2,1-3H3,(H,18,19). The highest BCUT2D eigenvalue weighted by molar-refractivity contribution is 5.99. The molecule has 0 saturated carbocycles. The lowest BCUT2D eigenvalue weighted by Crippen LogP contribution is -2.38. The summed E-state index contributed by atoms with van der Waals surface area (Å²) in [5.74, 6) is -1.21. The van der Waals surface area contributed by atoms with Crippen LogP contribution in [0.25, 0.3) is 0 Å². The lowest BCUT2D eigenvalue weighted by atomic mass is 10.2. The smallest absolute Gasteiger partial charge is 0.303 e. The molecule has 0 saturated heterocycles. The van der Waals surface area contributed by atoms with E-state index in [2.05, 4.69) is 4.98 Å². The molecule has 2 N–H and O–H groups in total. The Labute approximate surface area is 117 Å². The zero-order chi connectivity index (χ0) is 15.3. The van der Waals surface area contributed by atoms with Crippen molar-refractivity contribution >= 4 is 17.7 Å². The first-order valence-electron chi connectivity index (χ1n) is 6.55. The van der Waals surface area contributed by atoms with E-state index in [9.17, 15) is 14.4 Å². The summed E-state index contributed by atoms with van der Waals surface area (Å²) in [4.78, 5) is 38.5. The molecule has 0 aliphatic carbocycles. The highest BCUT2D eigenvalue weighted by atomic mass is 16.4. The zero-order valence-electron chi connectivity index (χ0n) is 12.0. The van der Waals surface area contributed by atoms with Crippen molar-refractivity contribution in [3.8, 4) is 0 Å². The Morgan fingerprint density at radius 3 is 2.45 bits per heavy atom. The summed E-state index contributed by atoms with van der Waals surface area (Å²) in [5, 5.41) is 8.64. The number of amides is 1. The number of carboxylic acid groups (broad SMARTS) is 1. The number of Topliss-reactive ketones (excluding diaryl/α,β-unsaturated/α-hetero) is 1. The topological polar surface area (TPSA) is 90.5 Å². The van der Waals surface area contributed by atoms with Crippen LogP contribution >= 0.6 is 0 Å². The Kier molecular flexibility index (Phi) is 5.49. The zero-order valence-corrected chi connectivity index (χ0v) is 12.0. The molecule has 0 radical (unpaired) electrons. The van der Waals surface area contributed by atoms with E-state index in [0.717, 1.165) is 0 Å². The minimum Gasteiger partial charge on any atom is -0.481 e. The van der Waals surface area contributed by atoms with Gasteiger partial charge in [0.05, 0.1) is 0 Å². The lowest BCUT2D eigenvalue weighted by molar-refractivity contribution is -0.137. The van der Waals surface area contributed by atoms with Crippen LogP contribution in [0.3, 0.4) is 0 Å². The first-order chi connectivity index (χ1) is 9.32. The second kappa shape index (κ2) is 6.88. The second-order valence-corrected chi connectivity index (χ2v) is 4.95. The van der Waals surface area contributed by atoms with E-state index in [4.69, 9.17) is 5.11 Å². The van der Waals surface area contributed by atoms with Crippen molar-refractivity contribution in [3.05, 3.63) is 23.5 Å². The number of hydrogen-bond acceptors (Lipinski definition) is 3. The monoisotopic (exact) mass is 280 g/mol. The number of aliphatic carboxylic acids is 1. The number of aromatic amines is 1. The lowest BCUT2D eigenvalue weighted by Gasteiger charge is -2.26. The summed E-state index contributed by atoms with van der Waals surface area (Å²) in [7, 11) is 0. The molecule has 110 valence electrons. The van der Waals surface area contributed by atoms with Gasteiger partial charge in [-0.3, -0.25) is 14.4 Å². The molecule has 6 nitrogen and oxygen atoms in total. The molecule has 6 heteroatoms. The molecule has 1 rings (SSSR count). The molecule has 0 aliphatic rings. The molecule has 1 amide bonds. The van der Waals surface area contributed by atoms with E-state index < -0.39 is 5.97 Å². The van der Waals surface area contributed by atoms with Crippen LogP contribution in [0.2, 0.25) is 0 Å². The first kappa shape index (κ1) is 15.9. The van der Waals surface area contributed by atoms with Crippen LogP contribution in [-0.4, -0.2) is 45.2 Å². The molecule has 0 aliphatic heterocycles. The highest BCUT2D eigenvalue weighted by Gasteiger charge is 2.20. The molecular weight excluding hydrogens is 260 g/mol. The maximum atomic E-state index is 12.3. The van der Waals surface area contributed by atoms with Crippen LogP contribution in [0.15, 0.2) is 12.3 Å². The maximum Gasteiger partial charge on any atom is 0.303 e. The van der Waals surface area contributed by atoms with E-state index in [0.29, 0.717) is 24.2 Å². The van der Waals surface area contributed by atoms with E-state index in [-0.39, 0.29) is 24.2 Å². The van der Waals surface area contributed by atoms with Crippen LogP contribution in [0.1, 0.15) is 54.5 Å². The van der Waals surface area contributed by atoms with Gasteiger partial charge in [0.1, 0.15) is 5.69 Å². The summed E-state index contributed by atoms with van der Waals surface area (Å²) in [6.07, 6.45) is 1.94. The van der Waals surface area contributed by atoms with Gasteiger partial charge in [-0.05, 0) is 33.3 Å². The molecular formula is C14H20N2O4. The molecule has 1 heterocycles. The number of aromatic nitrogens is 1. The van der Waals surface area contributed by atoms with Crippen LogP contribution in [-0.2, 0) is 4.79 Å². The maximum absolute atomic E-state index is 12.3. The third kappa shape index (κ3) is 4.22. The Hall–Kier alpha value is -2.11. The Balaban J connectivity index is 2.77. The predicted molar refractivity (Wildman–Crippen MR) is 73.8 cm³/mol. The van der Waals surface area contributed by atoms with Gasteiger partial charge in [0.25, 0.3) is 5.91 Å². The van der Waals surface area contributed by atoms with E-state index in [1.807, 2.05) is 13.8 Å². The first-order valence-corrected chi connectivity index (χ1v) is 6.55. The summed E-state index contributed by atoms with van der Waals surface area (Å²) < 4.78 is 0. The molecule has 0 unspecified atom stereocenters. The number of rotatable bonds is 7. The van der Waals surface area contributed by atoms with Crippen molar-refractivity contribution in [3.63, 3.8) is 0 Å². The molecule has 0 atom stereocenters. The fraction of sp³-hybridized carbons (Fsp3) is 0.500. The van der Waals surface area contributed by atoms with Gasteiger partial charge in [-0.2, -0.15) is 0 Å². The second-order valence-electron chi connectivity index (χ2n) is 4.95. The number of carbonyl (C=O) groups is 3. The Bertz CT molecular complexity index is 505. The summed E-state index contributed by atoms with van der Waals surface area (Å²) in [5.41, 5.74) is 0.807. The number of H-pyrrole nitrogens is 1. The van der Waals surface area contributed by atoms with E-state index in [1.54, 1.807) is 4.90 Å². The highest BCUT2D eigenvalue weighted by Crippen LogP contribution is 2.11. The van der Waals surface area contributed by atoms with Gasteiger partial charge in [0, 0.05) is 30.8 Å². The van der Waals surface area contributed by atoms with Crippen molar-refractivity contribution in [1.29, 1.82) is 0 Å². The van der Waals surface area contributed by atoms with Gasteiger partial charge in [-0.1, -0.05) is 0 Å². The van der Waals surface area contributed by atoms with Gasteiger partial charge in [-0.25, -0.2) is 0 Å². The summed E-state index contributed by atoms with van der Waals surface area (Å²) in [6.45, 7) is 5.54. The molecule has 1 aromatic rings. The fourth-order valence-electron chi connectivity index (χ4n) is 1.87. The average molecular weight is 280 g/mol. The molecule has 1 aromatic heterocycles. The van der Waals surface area contributed by atoms with Gasteiger partial charge in [0.15, 0.2) is 5.78 Å². The Morgan fingerprint density at radius 2 is 2.00 bits per heavy atom. The normalized spacial score (nSPS) is 10.6. The molecule has 0 spiro atoms. The molecule has 20 heavy (non-hydrogen) atoms. The van der Waals surface area contributed by atoms with Crippen LogP contribution in [0.5, 0.6) is 0 Å². The largest absolute Gasteiger partial charge is 0.481 e. The number of ketones is 1. The third-order valence-electron chi connectivity index (χ3n) is 2.99. The number of carbonyl (C=O) groups excluding carboxylic acids is 2. The average Bonchev–Trinajstić information content (AvgIpc) is 2.82. The van der Waals surface area contributed by atoms with Crippen molar-refractivity contribution in [2.75, 3.05) is 6.54 Å². The van der Waals surface area contributed by atoms with Crippen molar-refractivity contribution < 1.29 is 19.5 Å². The number of nitrogens with zero attached hydrogens (tertiary/aromatic N) is 1. The van der Waals surface area contributed by atoms with Crippen LogP contribution in [0, 0.1) is 0 Å². The van der Waals surface area contributed by atoms with E-state index >= 15 is 0 Å². The van der Waals surface area contributed by atoms with Crippen LogP contribution < -0.4 is 0 Å². The summed E-state index contributed by atoms with van der Waals surface area (Å²) in [6, 6.07) is 1.48. The predicted octanol–water partition coefficient (Wildman–Crippen LogP) is 1.93. The van der Waals surface area contributed by atoms with Crippen molar-refractivity contribution in [1.82, 2.24) is 9.88 Å². The SMILES string of the molecule is CC(=O)c1c[nH]c(C(=O)N(CCCC(=O)O)C(C)C)c1. The summed E-state index contributed by atoms with van der Waals surface area (Å²) >= 11 is 0. The molecule has 0 aromatic carbocycles. The quantitative estimate of drug-likeness (QED) is 0.747. The van der Waals surface area contributed by atoms with Gasteiger partial charge < -0.3 is 15.0 Å². The van der Waals surface area contributed by atoms with Gasteiger partial charge >= 0.3 is 5.97 Å². The van der Waals surface area contributed by atoms with E-state index in [1.165, 1.54) is 19.2 Å². The van der Waals surface area contributed by atoms with Crippen LogP contribution in [0.4, 0.5) is 0 Å². The minimum atomic E-state index is -0.875. The van der Waals surface area contributed by atoms with Crippen molar-refractivity contribution in [2.24, 2.45) is 0 Å². The molecule has 0 fully saturated rings. The van der Waals surface area contributed by atoms with Gasteiger partial charge in [0.2, 0.25) is 0 Å².